The third kappa shape index (κ3) is 3.30. The Morgan fingerprint density at radius 3 is 2.81 bits per heavy atom. The van der Waals surface area contributed by atoms with E-state index in [1.807, 2.05) is 0 Å². The number of aryl methyl sites for hydroxylation is 2. The Morgan fingerprint density at radius 1 is 1.38 bits per heavy atom. The Hall–Kier alpha value is -0.910. The van der Waals surface area contributed by atoms with Crippen LogP contribution >= 0.6 is 0 Å². The number of aromatic nitrogens is 2. The van der Waals surface area contributed by atoms with Crippen LogP contribution in [0.5, 0.6) is 0 Å². The summed E-state index contributed by atoms with van der Waals surface area (Å²) >= 11 is 0. The summed E-state index contributed by atoms with van der Waals surface area (Å²) in [5.74, 6) is 0. The van der Waals surface area contributed by atoms with Gasteiger partial charge in [-0.1, -0.05) is 0 Å². The average Bonchev–Trinajstić information content (AvgIpc) is 2.78. The Bertz CT molecular complexity index is 473. The van der Waals surface area contributed by atoms with Crippen molar-refractivity contribution in [2.75, 3.05) is 32.8 Å². The van der Waals surface area contributed by atoms with Gasteiger partial charge in [0.15, 0.2) is 0 Å². The third-order valence-electron chi connectivity index (χ3n) is 4.96. The van der Waals surface area contributed by atoms with E-state index >= 15 is 0 Å². The van der Waals surface area contributed by atoms with Gasteiger partial charge < -0.3 is 10.1 Å². The first-order valence-corrected chi connectivity index (χ1v) is 8.18. The first kappa shape index (κ1) is 15.0. The molecule has 0 bridgehead atoms. The molecule has 1 atom stereocenters. The predicted octanol–water partition coefficient (Wildman–Crippen LogP) is 1.34. The van der Waals surface area contributed by atoms with Gasteiger partial charge in [-0.15, -0.1) is 0 Å². The fourth-order valence-electron chi connectivity index (χ4n) is 3.66. The number of rotatable bonds is 3. The highest BCUT2D eigenvalue weighted by Gasteiger charge is 2.38. The topological polar surface area (TPSA) is 42.3 Å². The van der Waals surface area contributed by atoms with Crippen molar-refractivity contribution in [2.45, 2.75) is 51.8 Å². The molecule has 1 spiro atoms. The van der Waals surface area contributed by atoms with Crippen molar-refractivity contribution in [3.63, 3.8) is 0 Å². The maximum absolute atomic E-state index is 6.16. The predicted molar refractivity (Wildman–Crippen MR) is 83.5 cm³/mol. The van der Waals surface area contributed by atoms with Crippen LogP contribution in [-0.4, -0.2) is 59.1 Å². The third-order valence-corrected chi connectivity index (χ3v) is 4.96. The summed E-state index contributed by atoms with van der Waals surface area (Å²) in [6.07, 6.45) is 2.27. The molecule has 0 amide bonds. The summed E-state index contributed by atoms with van der Waals surface area (Å²) in [5.41, 5.74) is 2.45. The molecule has 3 heterocycles. The number of nitrogens with one attached hydrogen (secondary N) is 1. The van der Waals surface area contributed by atoms with Crippen molar-refractivity contribution < 1.29 is 4.74 Å². The van der Waals surface area contributed by atoms with Crippen molar-refractivity contribution in [3.8, 4) is 0 Å². The normalized spacial score (nSPS) is 24.3. The summed E-state index contributed by atoms with van der Waals surface area (Å²) in [5, 5.41) is 8.04. The largest absolute Gasteiger partial charge is 0.372 e. The fraction of sp³-hybridized carbons (Fsp3) is 0.812. The van der Waals surface area contributed by atoms with Crippen LogP contribution in [0.1, 0.15) is 31.2 Å². The molecule has 0 radical (unpaired) electrons. The molecule has 5 nitrogen and oxygen atoms in total. The Morgan fingerprint density at radius 2 is 2.14 bits per heavy atom. The molecule has 0 aliphatic carbocycles. The van der Waals surface area contributed by atoms with E-state index in [-0.39, 0.29) is 5.60 Å². The zero-order valence-electron chi connectivity index (χ0n) is 13.6. The molecular formula is C16H28N4O. The van der Waals surface area contributed by atoms with E-state index in [1.54, 1.807) is 0 Å². The second-order valence-corrected chi connectivity index (χ2v) is 6.71. The number of nitrogens with zero attached hydrogens (tertiary/aromatic N) is 3. The molecular weight excluding hydrogens is 264 g/mol. The van der Waals surface area contributed by atoms with E-state index in [1.165, 1.54) is 5.69 Å². The molecule has 2 aliphatic rings. The number of hydrogen-bond acceptors (Lipinski definition) is 4. The Balaban J connectivity index is 1.64. The van der Waals surface area contributed by atoms with Crippen LogP contribution in [0.2, 0.25) is 0 Å². The van der Waals surface area contributed by atoms with E-state index in [4.69, 9.17) is 4.74 Å². The highest BCUT2D eigenvalue weighted by molar-refractivity contribution is 5.06. The molecule has 0 aromatic carbocycles. The minimum absolute atomic E-state index is 0.0901. The summed E-state index contributed by atoms with van der Waals surface area (Å²) in [4.78, 5) is 2.59. The number of ether oxygens (including phenoxy) is 1. The van der Waals surface area contributed by atoms with Crippen LogP contribution in [0.3, 0.4) is 0 Å². The number of morpholine rings is 1. The molecule has 1 N–H and O–H groups in total. The van der Waals surface area contributed by atoms with Crippen LogP contribution in [-0.2, 0) is 11.3 Å². The molecule has 2 aliphatic heterocycles. The summed E-state index contributed by atoms with van der Waals surface area (Å²) in [6.45, 7) is 12.6. The molecule has 2 fully saturated rings. The van der Waals surface area contributed by atoms with Gasteiger partial charge in [-0.2, -0.15) is 5.10 Å². The van der Waals surface area contributed by atoms with Gasteiger partial charge in [0, 0.05) is 24.8 Å². The van der Waals surface area contributed by atoms with Gasteiger partial charge in [0.1, 0.15) is 0 Å². The highest BCUT2D eigenvalue weighted by Crippen LogP contribution is 2.28. The second kappa shape index (κ2) is 6.07. The van der Waals surface area contributed by atoms with Crippen molar-refractivity contribution in [3.05, 3.63) is 17.5 Å². The average molecular weight is 292 g/mol. The molecule has 1 aromatic rings. The van der Waals surface area contributed by atoms with Crippen LogP contribution in [0.4, 0.5) is 0 Å². The van der Waals surface area contributed by atoms with Gasteiger partial charge in [-0.3, -0.25) is 9.58 Å². The number of piperidine rings is 1. The minimum Gasteiger partial charge on any atom is -0.372 e. The summed E-state index contributed by atoms with van der Waals surface area (Å²) < 4.78 is 8.30. The fourth-order valence-corrected chi connectivity index (χ4v) is 3.66. The van der Waals surface area contributed by atoms with Crippen molar-refractivity contribution >= 4 is 0 Å². The standard InChI is InChI=1S/C16H28N4O/c1-13-10-14(2)20(18-13)11-15(3)19-8-9-21-16(12-19)4-6-17-7-5-16/h10,15,17H,4-9,11-12H2,1-3H3. The monoisotopic (exact) mass is 292 g/mol. The van der Waals surface area contributed by atoms with Gasteiger partial charge in [0.05, 0.1) is 24.4 Å². The maximum Gasteiger partial charge on any atom is 0.0833 e. The van der Waals surface area contributed by atoms with E-state index in [2.05, 4.69) is 46.8 Å². The quantitative estimate of drug-likeness (QED) is 0.913. The lowest BCUT2D eigenvalue weighted by Crippen LogP contribution is -2.58. The maximum atomic E-state index is 6.16. The molecule has 3 rings (SSSR count). The zero-order chi connectivity index (χ0) is 14.9. The minimum atomic E-state index is 0.0901. The number of hydrogen-bond donors (Lipinski definition) is 1. The molecule has 2 saturated heterocycles. The molecule has 0 saturated carbocycles. The zero-order valence-corrected chi connectivity index (χ0v) is 13.6. The molecule has 5 heteroatoms. The van der Waals surface area contributed by atoms with Crippen molar-refractivity contribution in [1.29, 1.82) is 0 Å². The highest BCUT2D eigenvalue weighted by atomic mass is 16.5. The lowest BCUT2D eigenvalue weighted by atomic mass is 9.90. The van der Waals surface area contributed by atoms with Gasteiger partial charge in [-0.05, 0) is 52.8 Å². The summed E-state index contributed by atoms with van der Waals surface area (Å²) in [6, 6.07) is 2.65. The molecule has 118 valence electrons. The lowest BCUT2D eigenvalue weighted by molar-refractivity contribution is -0.132. The van der Waals surface area contributed by atoms with Crippen LogP contribution in [0.25, 0.3) is 0 Å². The van der Waals surface area contributed by atoms with Gasteiger partial charge >= 0.3 is 0 Å². The van der Waals surface area contributed by atoms with Crippen LogP contribution in [0, 0.1) is 13.8 Å². The first-order chi connectivity index (χ1) is 10.1. The van der Waals surface area contributed by atoms with Crippen molar-refractivity contribution in [2.24, 2.45) is 0 Å². The SMILES string of the molecule is Cc1cc(C)n(CC(C)N2CCOC3(CCNCC3)C2)n1. The molecule has 21 heavy (non-hydrogen) atoms. The second-order valence-electron chi connectivity index (χ2n) is 6.71. The van der Waals surface area contributed by atoms with E-state index < -0.39 is 0 Å². The van der Waals surface area contributed by atoms with Crippen LogP contribution < -0.4 is 5.32 Å². The molecule has 1 unspecified atom stereocenters. The van der Waals surface area contributed by atoms with E-state index in [9.17, 15) is 0 Å². The Kier molecular flexibility index (Phi) is 4.33. The first-order valence-electron chi connectivity index (χ1n) is 8.18. The van der Waals surface area contributed by atoms with Gasteiger partial charge in [-0.25, -0.2) is 0 Å². The summed E-state index contributed by atoms with van der Waals surface area (Å²) in [7, 11) is 0. The van der Waals surface area contributed by atoms with Crippen LogP contribution in [0.15, 0.2) is 6.07 Å². The van der Waals surface area contributed by atoms with E-state index in [0.717, 1.165) is 57.9 Å². The van der Waals surface area contributed by atoms with Crippen molar-refractivity contribution in [1.82, 2.24) is 20.0 Å². The lowest BCUT2D eigenvalue weighted by Gasteiger charge is -2.47. The van der Waals surface area contributed by atoms with Gasteiger partial charge in [0.2, 0.25) is 0 Å². The molecule has 1 aromatic heterocycles. The smallest absolute Gasteiger partial charge is 0.0833 e. The van der Waals surface area contributed by atoms with E-state index in [0.29, 0.717) is 6.04 Å². The Labute approximate surface area is 127 Å². The van der Waals surface area contributed by atoms with Gasteiger partial charge in [0.25, 0.3) is 0 Å².